The fourth-order valence-electron chi connectivity index (χ4n) is 1.99. The fourth-order valence-corrected chi connectivity index (χ4v) is 2.76. The predicted molar refractivity (Wildman–Crippen MR) is 78.6 cm³/mol. The zero-order valence-electron chi connectivity index (χ0n) is 10.9. The molecule has 1 aromatic heterocycles. The van der Waals surface area contributed by atoms with E-state index in [0.29, 0.717) is 6.54 Å². The van der Waals surface area contributed by atoms with E-state index in [1.165, 1.54) is 11.3 Å². The Morgan fingerprint density at radius 3 is 2.55 bits per heavy atom. The van der Waals surface area contributed by atoms with Gasteiger partial charge in [0.15, 0.2) is 0 Å². The van der Waals surface area contributed by atoms with Crippen LogP contribution in [0, 0.1) is 0 Å². The topological polar surface area (TPSA) is 69.6 Å². The Morgan fingerprint density at radius 1 is 1.20 bits per heavy atom. The van der Waals surface area contributed by atoms with E-state index in [2.05, 4.69) is 5.32 Å². The number of carbonyl (C=O) groups is 1. The number of hydrogen-bond donors (Lipinski definition) is 3. The zero-order chi connectivity index (χ0) is 14.4. The Hall–Kier alpha value is -1.69. The lowest BCUT2D eigenvalue weighted by Gasteiger charge is -2.22. The van der Waals surface area contributed by atoms with Crippen molar-refractivity contribution >= 4 is 17.3 Å². The van der Waals surface area contributed by atoms with Crippen molar-refractivity contribution in [2.24, 2.45) is 0 Å². The lowest BCUT2D eigenvalue weighted by Crippen LogP contribution is -2.36. The number of hydrogen-bond acceptors (Lipinski definition) is 4. The van der Waals surface area contributed by atoms with Gasteiger partial charge >= 0.3 is 5.97 Å². The minimum Gasteiger partial charge on any atom is -0.481 e. The van der Waals surface area contributed by atoms with Crippen LogP contribution in [0.15, 0.2) is 47.8 Å². The van der Waals surface area contributed by atoms with Crippen molar-refractivity contribution in [1.29, 1.82) is 0 Å². The van der Waals surface area contributed by atoms with Crippen molar-refractivity contribution in [3.63, 3.8) is 0 Å². The third-order valence-corrected chi connectivity index (χ3v) is 3.96. The summed E-state index contributed by atoms with van der Waals surface area (Å²) in [5.41, 5.74) is 1.06. The Kier molecular flexibility index (Phi) is 5.29. The van der Waals surface area contributed by atoms with Gasteiger partial charge in [-0.2, -0.15) is 0 Å². The summed E-state index contributed by atoms with van der Waals surface area (Å²) in [6.45, 7) is 0.529. The highest BCUT2D eigenvalue weighted by Gasteiger charge is 2.23. The number of rotatable bonds is 7. The Morgan fingerprint density at radius 2 is 1.95 bits per heavy atom. The molecule has 1 heterocycles. The number of carboxylic acid groups (broad SMARTS) is 1. The van der Waals surface area contributed by atoms with E-state index >= 15 is 0 Å². The molecule has 106 valence electrons. The molecular weight excluding hydrogens is 274 g/mol. The summed E-state index contributed by atoms with van der Waals surface area (Å²) in [4.78, 5) is 11.7. The standard InChI is InChI=1S/C15H17NO3S/c17-14(18)9-12(15(19)13-7-4-8-20-13)16-10-11-5-2-1-3-6-11/h1-8,12,15-16,19H,9-10H2,(H,17,18). The van der Waals surface area contributed by atoms with Crippen LogP contribution in [-0.2, 0) is 11.3 Å². The van der Waals surface area contributed by atoms with Crippen LogP contribution in [0.5, 0.6) is 0 Å². The van der Waals surface area contributed by atoms with Crippen LogP contribution in [0.25, 0.3) is 0 Å². The molecule has 0 fully saturated rings. The van der Waals surface area contributed by atoms with E-state index in [1.54, 1.807) is 0 Å². The summed E-state index contributed by atoms with van der Waals surface area (Å²) >= 11 is 1.43. The van der Waals surface area contributed by atoms with Crippen LogP contribution in [0.3, 0.4) is 0 Å². The van der Waals surface area contributed by atoms with Crippen LogP contribution in [0.2, 0.25) is 0 Å². The third-order valence-electron chi connectivity index (χ3n) is 3.02. The Labute approximate surface area is 121 Å². The first-order chi connectivity index (χ1) is 9.66. The van der Waals surface area contributed by atoms with E-state index in [-0.39, 0.29) is 6.42 Å². The molecule has 2 atom stereocenters. The number of aliphatic hydroxyl groups excluding tert-OH is 1. The van der Waals surface area contributed by atoms with Gasteiger partial charge in [0, 0.05) is 17.5 Å². The number of carboxylic acids is 1. The van der Waals surface area contributed by atoms with Crippen molar-refractivity contribution in [3.8, 4) is 0 Å². The molecule has 2 rings (SSSR count). The second kappa shape index (κ2) is 7.19. The smallest absolute Gasteiger partial charge is 0.305 e. The zero-order valence-corrected chi connectivity index (χ0v) is 11.7. The monoisotopic (exact) mass is 291 g/mol. The molecule has 0 bridgehead atoms. The molecule has 0 saturated carbocycles. The van der Waals surface area contributed by atoms with Crippen molar-refractivity contribution in [1.82, 2.24) is 5.32 Å². The van der Waals surface area contributed by atoms with Crippen molar-refractivity contribution in [2.45, 2.75) is 25.1 Å². The third kappa shape index (κ3) is 4.16. The summed E-state index contributed by atoms with van der Waals surface area (Å²) in [6, 6.07) is 12.9. The van der Waals surface area contributed by atoms with Crippen molar-refractivity contribution in [3.05, 3.63) is 58.3 Å². The minimum atomic E-state index is -0.925. The predicted octanol–water partition coefficient (Wildman–Crippen LogP) is 2.41. The number of thiophene rings is 1. The van der Waals surface area contributed by atoms with Gasteiger partial charge < -0.3 is 15.5 Å². The Balaban J connectivity index is 2.02. The molecule has 0 aliphatic rings. The highest BCUT2D eigenvalue weighted by Crippen LogP contribution is 2.23. The second-order valence-electron chi connectivity index (χ2n) is 4.53. The quantitative estimate of drug-likeness (QED) is 0.733. The first kappa shape index (κ1) is 14.7. The van der Waals surface area contributed by atoms with Crippen LogP contribution >= 0.6 is 11.3 Å². The molecule has 0 aliphatic heterocycles. The first-order valence-electron chi connectivity index (χ1n) is 6.37. The van der Waals surface area contributed by atoms with Gasteiger partial charge in [0.2, 0.25) is 0 Å². The molecule has 0 amide bonds. The van der Waals surface area contributed by atoms with Crippen molar-refractivity contribution in [2.75, 3.05) is 0 Å². The fraction of sp³-hybridized carbons (Fsp3) is 0.267. The van der Waals surface area contributed by atoms with Crippen molar-refractivity contribution < 1.29 is 15.0 Å². The maximum Gasteiger partial charge on any atom is 0.305 e. The summed E-state index contributed by atoms with van der Waals surface area (Å²) in [6.07, 6.45) is -0.930. The van der Waals surface area contributed by atoms with Gasteiger partial charge in [0.05, 0.1) is 6.42 Å². The largest absolute Gasteiger partial charge is 0.481 e. The van der Waals surface area contributed by atoms with Crippen LogP contribution in [0.1, 0.15) is 23.0 Å². The molecule has 3 N–H and O–H groups in total. The molecule has 0 saturated heterocycles. The number of aliphatic carboxylic acids is 1. The van der Waals surface area contributed by atoms with E-state index < -0.39 is 18.1 Å². The molecule has 4 nitrogen and oxygen atoms in total. The highest BCUT2D eigenvalue weighted by atomic mass is 32.1. The Bertz CT molecular complexity index is 527. The second-order valence-corrected chi connectivity index (χ2v) is 5.51. The first-order valence-corrected chi connectivity index (χ1v) is 7.25. The maximum absolute atomic E-state index is 10.9. The van der Waals surface area contributed by atoms with E-state index in [4.69, 9.17) is 5.11 Å². The summed E-state index contributed by atoms with van der Waals surface area (Å²) in [5.74, 6) is -0.925. The normalized spacial score (nSPS) is 13.8. The van der Waals surface area contributed by atoms with Crippen LogP contribution in [0.4, 0.5) is 0 Å². The molecular formula is C15H17NO3S. The van der Waals surface area contributed by atoms with Crippen LogP contribution in [-0.4, -0.2) is 22.2 Å². The minimum absolute atomic E-state index is 0.119. The molecule has 2 unspecified atom stereocenters. The molecule has 0 aliphatic carbocycles. The summed E-state index contributed by atoms with van der Waals surface area (Å²) < 4.78 is 0. The highest BCUT2D eigenvalue weighted by molar-refractivity contribution is 7.10. The van der Waals surface area contributed by atoms with Gasteiger partial charge in [-0.05, 0) is 17.0 Å². The average molecular weight is 291 g/mol. The molecule has 0 spiro atoms. The lowest BCUT2D eigenvalue weighted by atomic mass is 10.1. The van der Waals surface area contributed by atoms with Gasteiger partial charge in [-0.3, -0.25) is 4.79 Å². The van der Waals surface area contributed by atoms with Gasteiger partial charge in [-0.1, -0.05) is 36.4 Å². The lowest BCUT2D eigenvalue weighted by molar-refractivity contribution is -0.138. The van der Waals surface area contributed by atoms with E-state index in [1.807, 2.05) is 47.8 Å². The average Bonchev–Trinajstić information content (AvgIpc) is 2.97. The van der Waals surface area contributed by atoms with Gasteiger partial charge in [-0.15, -0.1) is 11.3 Å². The number of benzene rings is 1. The number of nitrogens with one attached hydrogen (secondary N) is 1. The SMILES string of the molecule is O=C(O)CC(NCc1ccccc1)C(O)c1cccs1. The molecule has 2 aromatic rings. The number of aliphatic hydroxyl groups is 1. The maximum atomic E-state index is 10.9. The molecule has 5 heteroatoms. The molecule has 20 heavy (non-hydrogen) atoms. The molecule has 1 aromatic carbocycles. The summed E-state index contributed by atoms with van der Waals surface area (Å²) in [5, 5.41) is 24.3. The van der Waals surface area contributed by atoms with Gasteiger partial charge in [0.25, 0.3) is 0 Å². The van der Waals surface area contributed by atoms with Gasteiger partial charge in [0.1, 0.15) is 6.10 Å². The van der Waals surface area contributed by atoms with Gasteiger partial charge in [-0.25, -0.2) is 0 Å². The molecule has 0 radical (unpaired) electrons. The van der Waals surface area contributed by atoms with E-state index in [9.17, 15) is 9.90 Å². The summed E-state index contributed by atoms with van der Waals surface area (Å²) in [7, 11) is 0. The van der Waals surface area contributed by atoms with Crippen LogP contribution < -0.4 is 5.32 Å². The van der Waals surface area contributed by atoms with E-state index in [0.717, 1.165) is 10.4 Å².